The second-order valence-corrected chi connectivity index (χ2v) is 7.22. The van der Waals surface area contributed by atoms with Crippen LogP contribution in [0.4, 0.5) is 0 Å². The standard InChI is InChI=1S/C17H23ClN4OS/c1-4-9-22-16(12(2)3)20-21-17(22)24-11-15(23)19-10-13-5-7-14(18)8-6-13/h5-8,12H,4,9-11H2,1-3H3,(H,19,23). The van der Waals surface area contributed by atoms with E-state index in [4.69, 9.17) is 11.6 Å². The first kappa shape index (κ1) is 18.8. The molecule has 0 unspecified atom stereocenters. The summed E-state index contributed by atoms with van der Waals surface area (Å²) in [6.45, 7) is 7.69. The predicted octanol–water partition coefficient (Wildman–Crippen LogP) is 3.87. The fourth-order valence-electron chi connectivity index (χ4n) is 2.25. The maximum atomic E-state index is 12.1. The molecule has 0 aliphatic heterocycles. The normalized spacial score (nSPS) is 11.0. The fraction of sp³-hybridized carbons (Fsp3) is 0.471. The van der Waals surface area contributed by atoms with Crippen LogP contribution in [0.25, 0.3) is 0 Å². The van der Waals surface area contributed by atoms with E-state index >= 15 is 0 Å². The zero-order chi connectivity index (χ0) is 17.5. The molecule has 1 heterocycles. The topological polar surface area (TPSA) is 59.8 Å². The largest absolute Gasteiger partial charge is 0.351 e. The molecule has 24 heavy (non-hydrogen) atoms. The highest BCUT2D eigenvalue weighted by atomic mass is 35.5. The Morgan fingerprint density at radius 1 is 1.29 bits per heavy atom. The molecule has 1 aromatic carbocycles. The van der Waals surface area contributed by atoms with E-state index in [0.29, 0.717) is 23.2 Å². The molecule has 0 radical (unpaired) electrons. The van der Waals surface area contributed by atoms with Crippen LogP contribution in [0, 0.1) is 0 Å². The van der Waals surface area contributed by atoms with Gasteiger partial charge in [-0.05, 0) is 24.1 Å². The molecular weight excluding hydrogens is 344 g/mol. The van der Waals surface area contributed by atoms with Gasteiger partial charge in [0.25, 0.3) is 0 Å². The van der Waals surface area contributed by atoms with Crippen molar-refractivity contribution in [3.8, 4) is 0 Å². The van der Waals surface area contributed by atoms with Gasteiger partial charge in [0.15, 0.2) is 5.16 Å². The highest BCUT2D eigenvalue weighted by molar-refractivity contribution is 7.99. The summed E-state index contributed by atoms with van der Waals surface area (Å²) in [5.74, 6) is 1.60. The molecule has 7 heteroatoms. The number of hydrogen-bond acceptors (Lipinski definition) is 4. The number of aromatic nitrogens is 3. The van der Waals surface area contributed by atoms with Crippen molar-refractivity contribution in [3.63, 3.8) is 0 Å². The second kappa shape index (κ2) is 9.08. The Bertz CT molecular complexity index is 670. The quantitative estimate of drug-likeness (QED) is 0.720. The molecule has 5 nitrogen and oxygen atoms in total. The number of amides is 1. The number of nitrogens with one attached hydrogen (secondary N) is 1. The minimum Gasteiger partial charge on any atom is -0.351 e. The third kappa shape index (κ3) is 5.24. The van der Waals surface area contributed by atoms with Crippen molar-refractivity contribution in [3.05, 3.63) is 40.7 Å². The molecule has 2 aromatic rings. The van der Waals surface area contributed by atoms with E-state index in [-0.39, 0.29) is 5.91 Å². The minimum atomic E-state index is -0.0212. The Labute approximate surface area is 152 Å². The van der Waals surface area contributed by atoms with E-state index in [1.165, 1.54) is 11.8 Å². The van der Waals surface area contributed by atoms with Crippen molar-refractivity contribution in [1.29, 1.82) is 0 Å². The molecule has 0 aliphatic carbocycles. The van der Waals surface area contributed by atoms with Crippen LogP contribution in [-0.2, 0) is 17.9 Å². The monoisotopic (exact) mass is 366 g/mol. The van der Waals surface area contributed by atoms with Gasteiger partial charge in [-0.3, -0.25) is 4.79 Å². The first-order valence-corrected chi connectivity index (χ1v) is 9.44. The van der Waals surface area contributed by atoms with Crippen molar-refractivity contribution in [1.82, 2.24) is 20.1 Å². The van der Waals surface area contributed by atoms with Gasteiger partial charge >= 0.3 is 0 Å². The lowest BCUT2D eigenvalue weighted by atomic mass is 10.2. The Morgan fingerprint density at radius 2 is 2.00 bits per heavy atom. The molecule has 0 saturated heterocycles. The molecule has 1 amide bonds. The Morgan fingerprint density at radius 3 is 2.62 bits per heavy atom. The summed E-state index contributed by atoms with van der Waals surface area (Å²) < 4.78 is 2.11. The van der Waals surface area contributed by atoms with Crippen molar-refractivity contribution in [2.24, 2.45) is 0 Å². The number of carbonyl (C=O) groups excluding carboxylic acids is 1. The van der Waals surface area contributed by atoms with Gasteiger partial charge in [0.2, 0.25) is 5.91 Å². The van der Waals surface area contributed by atoms with E-state index in [2.05, 4.69) is 40.9 Å². The SMILES string of the molecule is CCCn1c(SCC(=O)NCc2ccc(Cl)cc2)nnc1C(C)C. The van der Waals surface area contributed by atoms with E-state index in [1.807, 2.05) is 24.3 Å². The molecule has 130 valence electrons. The van der Waals surface area contributed by atoms with Crippen molar-refractivity contribution in [2.75, 3.05) is 5.75 Å². The number of nitrogens with zero attached hydrogens (tertiary/aromatic N) is 3. The number of rotatable bonds is 8. The van der Waals surface area contributed by atoms with E-state index in [0.717, 1.165) is 29.5 Å². The number of hydrogen-bond donors (Lipinski definition) is 1. The smallest absolute Gasteiger partial charge is 0.230 e. The Balaban J connectivity index is 1.88. The highest BCUT2D eigenvalue weighted by Crippen LogP contribution is 2.21. The fourth-order valence-corrected chi connectivity index (χ4v) is 3.18. The van der Waals surface area contributed by atoms with E-state index in [9.17, 15) is 4.79 Å². The number of halogens is 1. The van der Waals surface area contributed by atoms with Gasteiger partial charge in [0.1, 0.15) is 5.82 Å². The maximum absolute atomic E-state index is 12.1. The summed E-state index contributed by atoms with van der Waals surface area (Å²) >= 11 is 7.28. The number of thioether (sulfide) groups is 1. The molecular formula is C17H23ClN4OS. The van der Waals surface area contributed by atoms with Crippen LogP contribution < -0.4 is 5.32 Å². The third-order valence-electron chi connectivity index (χ3n) is 3.44. The Hall–Kier alpha value is -1.53. The predicted molar refractivity (Wildman–Crippen MR) is 98.4 cm³/mol. The molecule has 1 aromatic heterocycles. The van der Waals surface area contributed by atoms with Gasteiger partial charge in [-0.1, -0.05) is 56.3 Å². The van der Waals surface area contributed by atoms with Gasteiger partial charge in [-0.2, -0.15) is 0 Å². The lowest BCUT2D eigenvalue weighted by Crippen LogP contribution is -2.24. The number of benzene rings is 1. The van der Waals surface area contributed by atoms with Crippen LogP contribution in [0.15, 0.2) is 29.4 Å². The molecule has 0 spiro atoms. The van der Waals surface area contributed by atoms with Crippen LogP contribution in [0.5, 0.6) is 0 Å². The van der Waals surface area contributed by atoms with Crippen LogP contribution in [0.2, 0.25) is 5.02 Å². The van der Waals surface area contributed by atoms with Gasteiger partial charge in [-0.15, -0.1) is 10.2 Å². The summed E-state index contributed by atoms with van der Waals surface area (Å²) in [7, 11) is 0. The van der Waals surface area contributed by atoms with Crippen LogP contribution in [0.1, 0.15) is 44.5 Å². The first-order chi connectivity index (χ1) is 11.5. The van der Waals surface area contributed by atoms with Gasteiger partial charge in [-0.25, -0.2) is 0 Å². The summed E-state index contributed by atoms with van der Waals surface area (Å²) in [6.07, 6.45) is 1.01. The average molecular weight is 367 g/mol. The lowest BCUT2D eigenvalue weighted by Gasteiger charge is -2.10. The molecule has 0 fully saturated rings. The summed E-state index contributed by atoms with van der Waals surface area (Å²) in [6, 6.07) is 7.45. The first-order valence-electron chi connectivity index (χ1n) is 8.08. The van der Waals surface area contributed by atoms with Crippen molar-refractivity contribution in [2.45, 2.75) is 51.4 Å². The minimum absolute atomic E-state index is 0.0212. The van der Waals surface area contributed by atoms with E-state index < -0.39 is 0 Å². The zero-order valence-electron chi connectivity index (χ0n) is 14.3. The van der Waals surface area contributed by atoms with Crippen LogP contribution in [-0.4, -0.2) is 26.4 Å². The second-order valence-electron chi connectivity index (χ2n) is 5.84. The maximum Gasteiger partial charge on any atom is 0.230 e. The van der Waals surface area contributed by atoms with Crippen molar-refractivity contribution < 1.29 is 4.79 Å². The average Bonchev–Trinajstić information content (AvgIpc) is 2.96. The third-order valence-corrected chi connectivity index (χ3v) is 4.66. The molecule has 1 N–H and O–H groups in total. The molecule has 2 rings (SSSR count). The molecule has 0 bridgehead atoms. The van der Waals surface area contributed by atoms with Crippen LogP contribution >= 0.6 is 23.4 Å². The van der Waals surface area contributed by atoms with Gasteiger partial charge in [0, 0.05) is 24.0 Å². The van der Waals surface area contributed by atoms with Crippen molar-refractivity contribution >= 4 is 29.3 Å². The molecule has 0 saturated carbocycles. The van der Waals surface area contributed by atoms with Gasteiger partial charge in [0.05, 0.1) is 5.75 Å². The van der Waals surface area contributed by atoms with E-state index in [1.54, 1.807) is 0 Å². The highest BCUT2D eigenvalue weighted by Gasteiger charge is 2.15. The summed E-state index contributed by atoms with van der Waals surface area (Å²) in [5, 5.41) is 12.9. The zero-order valence-corrected chi connectivity index (χ0v) is 15.8. The molecule has 0 aliphatic rings. The Kier molecular flexibility index (Phi) is 7.12. The van der Waals surface area contributed by atoms with Crippen LogP contribution in [0.3, 0.4) is 0 Å². The summed E-state index contributed by atoms with van der Waals surface area (Å²) in [5.41, 5.74) is 1.02. The van der Waals surface area contributed by atoms with Gasteiger partial charge < -0.3 is 9.88 Å². The number of carbonyl (C=O) groups is 1. The molecule has 0 atom stereocenters. The summed E-state index contributed by atoms with van der Waals surface area (Å²) in [4.78, 5) is 12.1. The lowest BCUT2D eigenvalue weighted by molar-refractivity contribution is -0.118.